The van der Waals surface area contributed by atoms with Gasteiger partial charge < -0.3 is 19.7 Å². The summed E-state index contributed by atoms with van der Waals surface area (Å²) >= 11 is 0. The van der Waals surface area contributed by atoms with Crippen molar-refractivity contribution in [3.63, 3.8) is 0 Å². The third-order valence-electron chi connectivity index (χ3n) is 4.62. The number of aliphatic hydroxyl groups excluding tert-OH is 1. The van der Waals surface area contributed by atoms with E-state index in [0.29, 0.717) is 24.2 Å². The van der Waals surface area contributed by atoms with Gasteiger partial charge in [0.05, 0.1) is 5.69 Å². The minimum Gasteiger partial charge on any atom is -0.511 e. The molecule has 132 valence electrons. The standard InChI is InChI=1S/C20H20N4O2/c1-23(2)14-8-6-13(7-9-14)21-20(26)18-16(25)11-10-15-19(18)22-17-5-3-4-12-24(15)17/h3-9,12,25H,10-11H2,1-2H3,(H,21,26). The Kier molecular flexibility index (Phi) is 3.88. The molecular formula is C20H20N4O2. The lowest BCUT2D eigenvalue weighted by Gasteiger charge is -2.17. The Morgan fingerprint density at radius 2 is 1.92 bits per heavy atom. The van der Waals surface area contributed by atoms with Crippen molar-refractivity contribution < 1.29 is 9.90 Å². The van der Waals surface area contributed by atoms with Crippen molar-refractivity contribution in [2.24, 2.45) is 0 Å². The highest BCUT2D eigenvalue weighted by molar-refractivity contribution is 6.26. The predicted molar refractivity (Wildman–Crippen MR) is 102 cm³/mol. The summed E-state index contributed by atoms with van der Waals surface area (Å²) in [6.45, 7) is 0. The molecule has 0 atom stereocenters. The molecule has 4 rings (SSSR count). The van der Waals surface area contributed by atoms with Crippen LogP contribution < -0.4 is 10.2 Å². The highest BCUT2D eigenvalue weighted by Gasteiger charge is 2.28. The summed E-state index contributed by atoms with van der Waals surface area (Å²) in [6.07, 6.45) is 3.01. The molecule has 1 aliphatic rings. The van der Waals surface area contributed by atoms with Gasteiger partial charge in [0, 0.05) is 38.1 Å². The van der Waals surface area contributed by atoms with Crippen LogP contribution in [0, 0.1) is 0 Å². The van der Waals surface area contributed by atoms with E-state index in [1.807, 2.05) is 72.1 Å². The van der Waals surface area contributed by atoms with E-state index >= 15 is 0 Å². The maximum atomic E-state index is 12.8. The molecule has 26 heavy (non-hydrogen) atoms. The van der Waals surface area contributed by atoms with Crippen molar-refractivity contribution in [2.75, 3.05) is 24.3 Å². The van der Waals surface area contributed by atoms with Gasteiger partial charge in [-0.15, -0.1) is 0 Å². The second-order valence-corrected chi connectivity index (χ2v) is 6.55. The Balaban J connectivity index is 1.67. The molecule has 1 amide bonds. The molecule has 0 saturated carbocycles. The highest BCUT2D eigenvalue weighted by Crippen LogP contribution is 2.31. The van der Waals surface area contributed by atoms with Crippen molar-refractivity contribution in [3.05, 3.63) is 65.8 Å². The molecule has 0 spiro atoms. The summed E-state index contributed by atoms with van der Waals surface area (Å²) in [7, 11) is 3.92. The van der Waals surface area contributed by atoms with Crippen LogP contribution in [0.2, 0.25) is 0 Å². The average molecular weight is 348 g/mol. The number of carbonyl (C=O) groups excluding carboxylic acids is 1. The molecule has 3 aromatic rings. The lowest BCUT2D eigenvalue weighted by Crippen LogP contribution is -2.19. The fraction of sp³-hybridized carbons (Fsp3) is 0.200. The lowest BCUT2D eigenvalue weighted by atomic mass is 9.97. The van der Waals surface area contributed by atoms with E-state index in [4.69, 9.17) is 0 Å². The maximum Gasteiger partial charge on any atom is 0.261 e. The van der Waals surface area contributed by atoms with Gasteiger partial charge >= 0.3 is 0 Å². The fourth-order valence-electron chi connectivity index (χ4n) is 3.26. The fourth-order valence-corrected chi connectivity index (χ4v) is 3.26. The molecule has 2 aromatic heterocycles. The number of hydrogen-bond donors (Lipinski definition) is 2. The Labute approximate surface area is 151 Å². The molecule has 0 saturated heterocycles. The molecule has 0 fully saturated rings. The predicted octanol–water partition coefficient (Wildman–Crippen LogP) is 3.25. The number of anilines is 2. The Morgan fingerprint density at radius 3 is 2.65 bits per heavy atom. The number of fused-ring (bicyclic) bond motifs is 3. The Hall–Kier alpha value is -3.28. The van der Waals surface area contributed by atoms with Crippen molar-refractivity contribution in [2.45, 2.75) is 12.8 Å². The van der Waals surface area contributed by atoms with E-state index in [2.05, 4.69) is 10.3 Å². The van der Waals surface area contributed by atoms with E-state index in [9.17, 15) is 9.90 Å². The number of rotatable bonds is 3. The van der Waals surface area contributed by atoms with Gasteiger partial charge in [0.1, 0.15) is 22.7 Å². The summed E-state index contributed by atoms with van der Waals surface area (Å²) in [4.78, 5) is 19.4. The second kappa shape index (κ2) is 6.22. The van der Waals surface area contributed by atoms with Crippen molar-refractivity contribution >= 4 is 28.5 Å². The number of pyridine rings is 1. The van der Waals surface area contributed by atoms with E-state index in [0.717, 1.165) is 17.0 Å². The minimum atomic E-state index is -0.343. The van der Waals surface area contributed by atoms with Gasteiger partial charge in [-0.25, -0.2) is 4.98 Å². The zero-order valence-corrected chi connectivity index (χ0v) is 14.7. The van der Waals surface area contributed by atoms with Gasteiger partial charge in [0.25, 0.3) is 5.91 Å². The van der Waals surface area contributed by atoms with E-state index in [1.54, 1.807) is 0 Å². The van der Waals surface area contributed by atoms with Gasteiger partial charge in [-0.2, -0.15) is 0 Å². The quantitative estimate of drug-likeness (QED) is 0.762. The first-order valence-electron chi connectivity index (χ1n) is 8.52. The molecule has 0 bridgehead atoms. The van der Waals surface area contributed by atoms with E-state index < -0.39 is 0 Å². The summed E-state index contributed by atoms with van der Waals surface area (Å²) in [5, 5.41) is 13.2. The number of aliphatic hydroxyl groups is 1. The average Bonchev–Trinajstić information content (AvgIpc) is 3.00. The number of aromatic nitrogens is 2. The molecular weight excluding hydrogens is 328 g/mol. The Bertz CT molecular complexity index is 1020. The summed E-state index contributed by atoms with van der Waals surface area (Å²) in [5.74, 6) is -0.257. The third-order valence-corrected chi connectivity index (χ3v) is 4.62. The van der Waals surface area contributed by atoms with Crippen LogP contribution in [-0.2, 0) is 11.2 Å². The summed E-state index contributed by atoms with van der Waals surface area (Å²) in [6, 6.07) is 13.3. The van der Waals surface area contributed by atoms with Crippen LogP contribution >= 0.6 is 0 Å². The molecule has 1 aliphatic carbocycles. The number of benzene rings is 1. The first kappa shape index (κ1) is 16.2. The normalized spacial score (nSPS) is 13.6. The third kappa shape index (κ3) is 2.69. The number of hydrogen-bond acceptors (Lipinski definition) is 4. The van der Waals surface area contributed by atoms with Crippen molar-refractivity contribution in [1.29, 1.82) is 0 Å². The molecule has 2 heterocycles. The number of carbonyl (C=O) groups is 1. The molecule has 2 N–H and O–H groups in total. The number of aryl methyl sites for hydroxylation is 1. The highest BCUT2D eigenvalue weighted by atomic mass is 16.3. The van der Waals surface area contributed by atoms with Gasteiger partial charge in [0.2, 0.25) is 0 Å². The minimum absolute atomic E-state index is 0.0864. The van der Waals surface area contributed by atoms with E-state index in [1.165, 1.54) is 0 Å². The second-order valence-electron chi connectivity index (χ2n) is 6.55. The first-order chi connectivity index (χ1) is 12.5. The van der Waals surface area contributed by atoms with Gasteiger partial charge in [-0.1, -0.05) is 6.07 Å². The number of nitrogens with one attached hydrogen (secondary N) is 1. The smallest absolute Gasteiger partial charge is 0.261 e. The molecule has 6 heteroatoms. The molecule has 1 aromatic carbocycles. The maximum absolute atomic E-state index is 12.8. The topological polar surface area (TPSA) is 69.9 Å². The van der Waals surface area contributed by atoms with Crippen molar-refractivity contribution in [1.82, 2.24) is 9.38 Å². The number of nitrogens with zero attached hydrogens (tertiary/aromatic N) is 3. The SMILES string of the molecule is CN(C)c1ccc(NC(=O)C2=C(O)CCc3c2nc2ccccn32)cc1. The Morgan fingerprint density at radius 1 is 1.15 bits per heavy atom. The van der Waals surface area contributed by atoms with Crippen molar-refractivity contribution in [3.8, 4) is 0 Å². The van der Waals surface area contributed by atoms with Crippen LogP contribution in [0.3, 0.4) is 0 Å². The summed E-state index contributed by atoms with van der Waals surface area (Å²) < 4.78 is 1.97. The van der Waals surface area contributed by atoms with Crippen LogP contribution in [0.25, 0.3) is 11.2 Å². The monoisotopic (exact) mass is 348 g/mol. The van der Waals surface area contributed by atoms with Crippen LogP contribution in [0.15, 0.2) is 54.4 Å². The van der Waals surface area contributed by atoms with Gasteiger partial charge in [-0.05, 0) is 42.8 Å². The van der Waals surface area contributed by atoms with Crippen LogP contribution in [0.1, 0.15) is 17.8 Å². The molecule has 0 radical (unpaired) electrons. The van der Waals surface area contributed by atoms with Crippen LogP contribution in [0.4, 0.5) is 11.4 Å². The first-order valence-corrected chi connectivity index (χ1v) is 8.52. The number of imidazole rings is 1. The van der Waals surface area contributed by atoms with E-state index in [-0.39, 0.29) is 17.2 Å². The zero-order valence-electron chi connectivity index (χ0n) is 14.7. The number of allylic oxidation sites excluding steroid dienone is 1. The summed E-state index contributed by atoms with van der Waals surface area (Å²) in [5.41, 5.74) is 4.26. The number of amides is 1. The lowest BCUT2D eigenvalue weighted by molar-refractivity contribution is -0.111. The van der Waals surface area contributed by atoms with Gasteiger partial charge in [0.15, 0.2) is 0 Å². The molecule has 6 nitrogen and oxygen atoms in total. The molecule has 0 unspecified atom stereocenters. The molecule has 0 aliphatic heterocycles. The van der Waals surface area contributed by atoms with Crippen LogP contribution in [-0.4, -0.2) is 34.5 Å². The van der Waals surface area contributed by atoms with Crippen LogP contribution in [0.5, 0.6) is 0 Å². The zero-order chi connectivity index (χ0) is 18.3. The largest absolute Gasteiger partial charge is 0.511 e. The van der Waals surface area contributed by atoms with Gasteiger partial charge in [-0.3, -0.25) is 4.79 Å².